The quantitative estimate of drug-likeness (QED) is 0.757. The molecule has 1 aromatic carbocycles. The number of carbonyl (C=O) groups is 2. The lowest BCUT2D eigenvalue weighted by Gasteiger charge is -2.16. The molecule has 0 saturated heterocycles. The highest BCUT2D eigenvalue weighted by molar-refractivity contribution is 9.10. The van der Waals surface area contributed by atoms with Gasteiger partial charge in [-0.25, -0.2) is 0 Å². The third-order valence-electron chi connectivity index (χ3n) is 3.79. The standard InChI is InChI=1S/C16H14BrNO2S/c1-9-7-21-8-13(9)16(20)12-6-15-11(5-14(12)17)3-4-18(15)10(2)19/h5-8H,3-4H2,1-2H3. The molecule has 21 heavy (non-hydrogen) atoms. The molecule has 0 N–H and O–H groups in total. The van der Waals surface area contributed by atoms with Gasteiger partial charge in [-0.2, -0.15) is 11.3 Å². The highest BCUT2D eigenvalue weighted by Crippen LogP contribution is 2.35. The number of hydrogen-bond acceptors (Lipinski definition) is 3. The molecule has 3 nitrogen and oxygen atoms in total. The van der Waals surface area contributed by atoms with Gasteiger partial charge < -0.3 is 4.90 Å². The SMILES string of the molecule is CC(=O)N1CCc2cc(Br)c(C(=O)c3cscc3C)cc21. The van der Waals surface area contributed by atoms with Gasteiger partial charge in [0, 0.05) is 40.1 Å². The summed E-state index contributed by atoms with van der Waals surface area (Å²) >= 11 is 5.02. The van der Waals surface area contributed by atoms with E-state index in [-0.39, 0.29) is 11.7 Å². The van der Waals surface area contributed by atoms with E-state index in [2.05, 4.69) is 15.9 Å². The first-order valence-corrected chi connectivity index (χ1v) is 8.40. The Morgan fingerprint density at radius 2 is 2.00 bits per heavy atom. The predicted molar refractivity (Wildman–Crippen MR) is 88.4 cm³/mol. The Morgan fingerprint density at radius 3 is 2.62 bits per heavy atom. The van der Waals surface area contributed by atoms with Gasteiger partial charge in [-0.15, -0.1) is 0 Å². The van der Waals surface area contributed by atoms with Crippen LogP contribution in [-0.2, 0) is 11.2 Å². The van der Waals surface area contributed by atoms with Crippen molar-refractivity contribution in [2.24, 2.45) is 0 Å². The number of fused-ring (bicyclic) bond motifs is 1. The van der Waals surface area contributed by atoms with Crippen LogP contribution in [-0.4, -0.2) is 18.2 Å². The monoisotopic (exact) mass is 363 g/mol. The third-order valence-corrected chi connectivity index (χ3v) is 5.31. The molecule has 0 radical (unpaired) electrons. The molecule has 1 aliphatic heterocycles. The zero-order chi connectivity index (χ0) is 15.1. The van der Waals surface area contributed by atoms with Crippen LogP contribution < -0.4 is 4.90 Å². The average molecular weight is 364 g/mol. The van der Waals surface area contributed by atoms with Crippen molar-refractivity contribution >= 4 is 44.6 Å². The van der Waals surface area contributed by atoms with E-state index in [0.717, 1.165) is 33.3 Å². The van der Waals surface area contributed by atoms with Gasteiger partial charge >= 0.3 is 0 Å². The summed E-state index contributed by atoms with van der Waals surface area (Å²) in [5.41, 5.74) is 4.30. The molecule has 0 unspecified atom stereocenters. The number of hydrogen-bond donors (Lipinski definition) is 0. The van der Waals surface area contributed by atoms with Crippen molar-refractivity contribution in [2.75, 3.05) is 11.4 Å². The average Bonchev–Trinajstić information content (AvgIpc) is 3.02. The molecular weight excluding hydrogens is 350 g/mol. The third kappa shape index (κ3) is 2.45. The zero-order valence-electron chi connectivity index (χ0n) is 11.8. The Bertz CT molecular complexity index is 751. The molecule has 3 rings (SSSR count). The summed E-state index contributed by atoms with van der Waals surface area (Å²) in [6, 6.07) is 3.81. The van der Waals surface area contributed by atoms with E-state index < -0.39 is 0 Å². The maximum absolute atomic E-state index is 12.7. The van der Waals surface area contributed by atoms with Gasteiger partial charge in [0.05, 0.1) is 0 Å². The van der Waals surface area contributed by atoms with E-state index in [0.29, 0.717) is 12.1 Å². The van der Waals surface area contributed by atoms with Crippen molar-refractivity contribution < 1.29 is 9.59 Å². The topological polar surface area (TPSA) is 37.4 Å². The Kier molecular flexibility index (Phi) is 3.71. The number of ketones is 1. The second-order valence-corrected chi connectivity index (χ2v) is 6.78. The summed E-state index contributed by atoms with van der Waals surface area (Å²) < 4.78 is 0.794. The van der Waals surface area contributed by atoms with Crippen molar-refractivity contribution in [3.05, 3.63) is 49.6 Å². The van der Waals surface area contributed by atoms with Crippen LogP contribution in [0.2, 0.25) is 0 Å². The highest BCUT2D eigenvalue weighted by Gasteiger charge is 2.26. The molecule has 1 amide bonds. The van der Waals surface area contributed by atoms with Crippen molar-refractivity contribution in [1.29, 1.82) is 0 Å². The lowest BCUT2D eigenvalue weighted by Crippen LogP contribution is -2.25. The Labute approximate surface area is 135 Å². The van der Waals surface area contributed by atoms with Crippen LogP contribution >= 0.6 is 27.3 Å². The van der Waals surface area contributed by atoms with Crippen LogP contribution in [0.5, 0.6) is 0 Å². The van der Waals surface area contributed by atoms with Crippen LogP contribution in [0.3, 0.4) is 0 Å². The van der Waals surface area contributed by atoms with E-state index in [1.54, 1.807) is 11.8 Å². The number of anilines is 1. The Balaban J connectivity index is 2.09. The van der Waals surface area contributed by atoms with E-state index in [4.69, 9.17) is 0 Å². The lowest BCUT2D eigenvalue weighted by molar-refractivity contribution is -0.116. The molecule has 2 heterocycles. The number of carbonyl (C=O) groups excluding carboxylic acids is 2. The lowest BCUT2D eigenvalue weighted by atomic mass is 10.0. The first kappa shape index (κ1) is 14.5. The fraction of sp³-hybridized carbons (Fsp3) is 0.250. The van der Waals surface area contributed by atoms with Gasteiger partial charge in [0.1, 0.15) is 0 Å². The molecule has 0 bridgehead atoms. The first-order chi connectivity index (χ1) is 9.99. The first-order valence-electron chi connectivity index (χ1n) is 6.67. The minimum atomic E-state index is -0.00109. The van der Waals surface area contributed by atoms with Crippen molar-refractivity contribution in [1.82, 2.24) is 0 Å². The predicted octanol–water partition coefficient (Wildman–Crippen LogP) is 3.96. The largest absolute Gasteiger partial charge is 0.312 e. The van der Waals surface area contributed by atoms with Crippen LogP contribution in [0.1, 0.15) is 34.0 Å². The maximum atomic E-state index is 12.7. The van der Waals surface area contributed by atoms with Crippen LogP contribution in [0.4, 0.5) is 5.69 Å². The summed E-state index contributed by atoms with van der Waals surface area (Å²) in [5, 5.41) is 3.84. The van der Waals surface area contributed by atoms with Crippen LogP contribution in [0.25, 0.3) is 0 Å². The molecule has 1 aromatic heterocycles. The number of thiophene rings is 1. The van der Waals surface area contributed by atoms with Crippen molar-refractivity contribution in [3.63, 3.8) is 0 Å². The summed E-state index contributed by atoms with van der Waals surface area (Å²) in [6.07, 6.45) is 0.833. The summed E-state index contributed by atoms with van der Waals surface area (Å²) in [4.78, 5) is 26.1. The normalized spacial score (nSPS) is 13.4. The number of rotatable bonds is 2. The molecule has 1 aliphatic rings. The molecular formula is C16H14BrNO2S. The fourth-order valence-corrected chi connectivity index (χ4v) is 4.05. The Morgan fingerprint density at radius 1 is 1.24 bits per heavy atom. The van der Waals surface area contributed by atoms with E-state index >= 15 is 0 Å². The zero-order valence-corrected chi connectivity index (χ0v) is 14.2. The number of aryl methyl sites for hydroxylation is 1. The van der Waals surface area contributed by atoms with Gasteiger partial charge in [-0.05, 0) is 42.0 Å². The number of benzene rings is 1. The molecule has 0 atom stereocenters. The van der Waals surface area contributed by atoms with Gasteiger partial charge in [-0.1, -0.05) is 15.9 Å². The molecule has 108 valence electrons. The number of nitrogens with zero attached hydrogens (tertiary/aromatic N) is 1. The molecule has 0 spiro atoms. The van der Waals surface area contributed by atoms with Crippen molar-refractivity contribution in [3.8, 4) is 0 Å². The molecule has 0 fully saturated rings. The maximum Gasteiger partial charge on any atom is 0.223 e. The second kappa shape index (κ2) is 5.39. The van der Waals surface area contributed by atoms with E-state index in [9.17, 15) is 9.59 Å². The minimum absolute atomic E-state index is 0.00109. The van der Waals surface area contributed by atoms with Crippen LogP contribution in [0.15, 0.2) is 27.4 Å². The number of halogens is 1. The summed E-state index contributed by atoms with van der Waals surface area (Å²) in [6.45, 7) is 4.18. The molecule has 5 heteroatoms. The van der Waals surface area contributed by atoms with Crippen LogP contribution in [0, 0.1) is 6.92 Å². The minimum Gasteiger partial charge on any atom is -0.312 e. The summed E-state index contributed by atoms with van der Waals surface area (Å²) in [7, 11) is 0. The van der Waals surface area contributed by atoms with Gasteiger partial charge in [0.2, 0.25) is 5.91 Å². The second-order valence-electron chi connectivity index (χ2n) is 5.18. The van der Waals surface area contributed by atoms with Gasteiger partial charge in [-0.3, -0.25) is 9.59 Å². The molecule has 0 saturated carbocycles. The van der Waals surface area contributed by atoms with E-state index in [1.165, 1.54) is 11.3 Å². The van der Waals surface area contributed by atoms with E-state index in [1.807, 2.05) is 29.8 Å². The van der Waals surface area contributed by atoms with Gasteiger partial charge in [0.15, 0.2) is 5.78 Å². The van der Waals surface area contributed by atoms with Crippen molar-refractivity contribution in [2.45, 2.75) is 20.3 Å². The smallest absolute Gasteiger partial charge is 0.223 e. The Hall–Kier alpha value is -1.46. The highest BCUT2D eigenvalue weighted by atomic mass is 79.9. The molecule has 2 aromatic rings. The van der Waals surface area contributed by atoms with Gasteiger partial charge in [0.25, 0.3) is 0 Å². The summed E-state index contributed by atoms with van der Waals surface area (Å²) in [5.74, 6) is 0.0139. The fourth-order valence-electron chi connectivity index (χ4n) is 2.65. The molecule has 0 aliphatic carbocycles. The number of amides is 1.